The molecule has 2 aliphatic heterocycles. The van der Waals surface area contributed by atoms with Gasteiger partial charge in [0.05, 0.1) is 0 Å². The van der Waals surface area contributed by atoms with Crippen molar-refractivity contribution in [3.8, 4) is 11.1 Å². The molecule has 5 heteroatoms. The first-order valence-electron chi connectivity index (χ1n) is 14.3. The lowest BCUT2D eigenvalue weighted by molar-refractivity contribution is 0.0567. The normalized spacial score (nSPS) is 20.0. The molecule has 2 bridgehead atoms. The van der Waals surface area contributed by atoms with Crippen LogP contribution in [0.15, 0.2) is 72.9 Å². The first-order valence-corrected chi connectivity index (χ1v) is 14.6. The highest BCUT2D eigenvalue weighted by molar-refractivity contribution is 6.31. The van der Waals surface area contributed by atoms with Crippen LogP contribution in [0.4, 0.5) is 0 Å². The Kier molecular flexibility index (Phi) is 7.58. The molecule has 1 aromatic heterocycles. The van der Waals surface area contributed by atoms with Crippen LogP contribution in [-0.2, 0) is 26.1 Å². The molecule has 0 amide bonds. The predicted octanol–water partition coefficient (Wildman–Crippen LogP) is 6.72. The maximum absolute atomic E-state index is 6.50. The summed E-state index contributed by atoms with van der Waals surface area (Å²) in [5, 5.41) is 2.24. The standard InChI is InChI=1S/C33H39ClN4/c1-2-24-8-11-26(12-9-24)31-23-37(17-5-16-35)33-15-10-25(18-30(31)33)19-36-21-28-13-14-29(22-36)38(28)20-27-6-3-4-7-32(27)34/h3-4,6-12,15,18,23,28-29H,2,5,13-14,16-17,19-22,35H2,1H3/t28-,29?/m0/s1. The molecule has 4 nitrogen and oxygen atoms in total. The highest BCUT2D eigenvalue weighted by atomic mass is 35.5. The monoisotopic (exact) mass is 526 g/mol. The van der Waals surface area contributed by atoms with Gasteiger partial charge in [-0.2, -0.15) is 0 Å². The Hall–Kier alpha value is -2.63. The molecule has 2 atom stereocenters. The minimum atomic E-state index is 0.610. The van der Waals surface area contributed by atoms with E-state index in [9.17, 15) is 0 Å². The van der Waals surface area contributed by atoms with Crippen molar-refractivity contribution in [3.05, 3.63) is 94.6 Å². The van der Waals surface area contributed by atoms with E-state index in [1.807, 2.05) is 12.1 Å². The van der Waals surface area contributed by atoms with Crippen LogP contribution in [0.2, 0.25) is 5.02 Å². The zero-order valence-corrected chi connectivity index (χ0v) is 23.2. The highest BCUT2D eigenvalue weighted by Crippen LogP contribution is 2.35. The average Bonchev–Trinajstić information content (AvgIpc) is 3.41. The van der Waals surface area contributed by atoms with Gasteiger partial charge in [0.1, 0.15) is 0 Å². The molecule has 198 valence electrons. The van der Waals surface area contributed by atoms with E-state index in [2.05, 4.69) is 82.1 Å². The van der Waals surface area contributed by atoms with Crippen LogP contribution in [0.25, 0.3) is 22.0 Å². The van der Waals surface area contributed by atoms with Crippen molar-refractivity contribution in [2.75, 3.05) is 19.6 Å². The molecule has 3 aromatic carbocycles. The van der Waals surface area contributed by atoms with Crippen molar-refractivity contribution in [1.29, 1.82) is 0 Å². The summed E-state index contributed by atoms with van der Waals surface area (Å²) >= 11 is 6.50. The van der Waals surface area contributed by atoms with Gasteiger partial charge in [0.25, 0.3) is 0 Å². The molecule has 38 heavy (non-hydrogen) atoms. The van der Waals surface area contributed by atoms with Crippen LogP contribution in [0.3, 0.4) is 0 Å². The molecule has 4 aromatic rings. The Morgan fingerprint density at radius 2 is 1.63 bits per heavy atom. The van der Waals surface area contributed by atoms with E-state index in [1.165, 1.54) is 51.6 Å². The van der Waals surface area contributed by atoms with Crippen LogP contribution >= 0.6 is 11.6 Å². The maximum Gasteiger partial charge on any atom is 0.0486 e. The largest absolute Gasteiger partial charge is 0.347 e. The summed E-state index contributed by atoms with van der Waals surface area (Å²) in [7, 11) is 0. The number of halogens is 1. The number of piperazine rings is 1. The molecule has 2 N–H and O–H groups in total. The fraction of sp³-hybridized carbons (Fsp3) is 0.394. The summed E-state index contributed by atoms with van der Waals surface area (Å²) in [6.45, 7) is 8.10. The van der Waals surface area contributed by atoms with Gasteiger partial charge in [-0.3, -0.25) is 9.80 Å². The summed E-state index contributed by atoms with van der Waals surface area (Å²) in [5.41, 5.74) is 13.8. The Morgan fingerprint density at radius 3 is 2.34 bits per heavy atom. The average molecular weight is 527 g/mol. The van der Waals surface area contributed by atoms with Crippen LogP contribution in [0, 0.1) is 0 Å². The lowest BCUT2D eigenvalue weighted by atomic mass is 10.0. The van der Waals surface area contributed by atoms with Gasteiger partial charge in [-0.1, -0.05) is 67.1 Å². The second-order valence-electron chi connectivity index (χ2n) is 11.1. The van der Waals surface area contributed by atoms with E-state index in [4.69, 9.17) is 17.3 Å². The van der Waals surface area contributed by atoms with Crippen LogP contribution < -0.4 is 5.73 Å². The van der Waals surface area contributed by atoms with E-state index in [0.29, 0.717) is 18.6 Å². The van der Waals surface area contributed by atoms with E-state index in [0.717, 1.165) is 50.6 Å². The van der Waals surface area contributed by atoms with Gasteiger partial charge in [0.15, 0.2) is 0 Å². The van der Waals surface area contributed by atoms with Crippen molar-refractivity contribution in [3.63, 3.8) is 0 Å². The van der Waals surface area contributed by atoms with E-state index >= 15 is 0 Å². The SMILES string of the molecule is CCc1ccc(-c2cn(CCCN)c3ccc(CN4CC5CC[C@@H](C4)N5Cc4ccccc4Cl)cc23)cc1. The molecule has 0 aliphatic carbocycles. The third kappa shape index (κ3) is 5.15. The number of likely N-dealkylation sites (tertiary alicyclic amines) is 1. The Bertz CT molecular complexity index is 1380. The number of nitrogens with two attached hydrogens (primary N) is 1. The molecule has 2 saturated heterocycles. The van der Waals surface area contributed by atoms with E-state index in [1.54, 1.807) is 0 Å². The first-order chi connectivity index (χ1) is 18.6. The van der Waals surface area contributed by atoms with Crippen molar-refractivity contribution in [2.45, 2.75) is 64.3 Å². The minimum Gasteiger partial charge on any atom is -0.347 e. The number of fused-ring (bicyclic) bond motifs is 3. The van der Waals surface area contributed by atoms with Gasteiger partial charge in [0.2, 0.25) is 0 Å². The fourth-order valence-corrected chi connectivity index (χ4v) is 6.78. The summed E-state index contributed by atoms with van der Waals surface area (Å²) in [5.74, 6) is 0. The van der Waals surface area contributed by atoms with Gasteiger partial charge in [-0.25, -0.2) is 0 Å². The van der Waals surface area contributed by atoms with E-state index < -0.39 is 0 Å². The highest BCUT2D eigenvalue weighted by Gasteiger charge is 2.39. The second kappa shape index (κ2) is 11.2. The lowest BCUT2D eigenvalue weighted by Crippen LogP contribution is -2.52. The van der Waals surface area contributed by atoms with Crippen molar-refractivity contribution < 1.29 is 0 Å². The smallest absolute Gasteiger partial charge is 0.0486 e. The summed E-state index contributed by atoms with van der Waals surface area (Å²) < 4.78 is 2.39. The minimum absolute atomic E-state index is 0.610. The van der Waals surface area contributed by atoms with Crippen molar-refractivity contribution in [1.82, 2.24) is 14.4 Å². The quantitative estimate of drug-likeness (QED) is 0.263. The molecular formula is C33H39ClN4. The molecular weight excluding hydrogens is 488 g/mol. The van der Waals surface area contributed by atoms with Crippen molar-refractivity contribution in [2.24, 2.45) is 5.73 Å². The van der Waals surface area contributed by atoms with E-state index in [-0.39, 0.29) is 0 Å². The van der Waals surface area contributed by atoms with Gasteiger partial charge in [-0.05, 0) is 72.7 Å². The number of hydrogen-bond acceptors (Lipinski definition) is 3. The number of aryl methyl sites for hydroxylation is 2. The summed E-state index contributed by atoms with van der Waals surface area (Å²) in [4.78, 5) is 5.38. The van der Waals surface area contributed by atoms with Crippen molar-refractivity contribution >= 4 is 22.5 Å². The second-order valence-corrected chi connectivity index (χ2v) is 11.5. The topological polar surface area (TPSA) is 37.4 Å². The molecule has 3 heterocycles. The third-order valence-electron chi connectivity index (χ3n) is 8.65. The Morgan fingerprint density at radius 1 is 0.895 bits per heavy atom. The molecule has 0 saturated carbocycles. The van der Waals surface area contributed by atoms with Crippen LogP contribution in [-0.4, -0.2) is 46.1 Å². The Balaban J connectivity index is 1.23. The van der Waals surface area contributed by atoms with Crippen LogP contribution in [0.5, 0.6) is 0 Å². The van der Waals surface area contributed by atoms with Gasteiger partial charge in [0, 0.05) is 72.5 Å². The summed E-state index contributed by atoms with van der Waals surface area (Å²) in [6.07, 6.45) is 6.95. The van der Waals surface area contributed by atoms with Gasteiger partial charge < -0.3 is 10.3 Å². The molecule has 0 spiro atoms. The number of hydrogen-bond donors (Lipinski definition) is 1. The first kappa shape index (κ1) is 25.6. The van der Waals surface area contributed by atoms with Crippen LogP contribution in [0.1, 0.15) is 42.9 Å². The lowest BCUT2D eigenvalue weighted by Gasteiger charge is -2.41. The zero-order chi connectivity index (χ0) is 26.1. The molecule has 0 radical (unpaired) electrons. The fourth-order valence-electron chi connectivity index (χ4n) is 6.59. The zero-order valence-electron chi connectivity index (χ0n) is 22.5. The van der Waals surface area contributed by atoms with Gasteiger partial charge >= 0.3 is 0 Å². The molecule has 2 fully saturated rings. The third-order valence-corrected chi connectivity index (χ3v) is 9.02. The number of nitrogens with zero attached hydrogens (tertiary/aromatic N) is 3. The maximum atomic E-state index is 6.50. The van der Waals surface area contributed by atoms with Gasteiger partial charge in [-0.15, -0.1) is 0 Å². The number of aromatic nitrogens is 1. The molecule has 2 aliphatic rings. The Labute approximate surface area is 232 Å². The summed E-state index contributed by atoms with van der Waals surface area (Å²) in [6, 6.07) is 25.7. The predicted molar refractivity (Wildman–Crippen MR) is 160 cm³/mol. The number of benzene rings is 3. The molecule has 1 unspecified atom stereocenters. The number of rotatable bonds is 9. The molecule has 6 rings (SSSR count).